The van der Waals surface area contributed by atoms with Gasteiger partial charge in [-0.1, -0.05) is 13.8 Å². The largest absolute Gasteiger partial charge is 0.305 e. The average Bonchev–Trinajstić information content (AvgIpc) is 2.42. The molecule has 1 fully saturated rings. The molecule has 0 N–H and O–H groups in total. The van der Waals surface area contributed by atoms with Crippen LogP contribution in [0, 0.1) is 5.92 Å². The molecule has 1 atom stereocenters. The molecule has 3 nitrogen and oxygen atoms in total. The first kappa shape index (κ1) is 12.7. The zero-order valence-corrected chi connectivity index (χ0v) is 10.3. The van der Waals surface area contributed by atoms with Crippen molar-refractivity contribution in [3.05, 3.63) is 0 Å². The summed E-state index contributed by atoms with van der Waals surface area (Å²) in [5.41, 5.74) is 0. The highest BCUT2D eigenvalue weighted by atomic mass is 16.1. The van der Waals surface area contributed by atoms with Gasteiger partial charge in [-0.15, -0.1) is 0 Å². The Labute approximate surface area is 93.4 Å². The van der Waals surface area contributed by atoms with Gasteiger partial charge in [0.2, 0.25) is 0 Å². The molecule has 1 unspecified atom stereocenters. The Bertz CT molecular complexity index is 206. The van der Waals surface area contributed by atoms with Crippen LogP contribution >= 0.6 is 0 Å². The van der Waals surface area contributed by atoms with Gasteiger partial charge in [0.1, 0.15) is 5.78 Å². The third kappa shape index (κ3) is 4.31. The first-order chi connectivity index (χ1) is 7.13. The lowest BCUT2D eigenvalue weighted by atomic mass is 10.0. The molecular formula is C12H24N2O. The van der Waals surface area contributed by atoms with Crippen LogP contribution in [0.5, 0.6) is 0 Å². The molecule has 0 aromatic rings. The van der Waals surface area contributed by atoms with Crippen LogP contribution in [0.4, 0.5) is 0 Å². The lowest BCUT2D eigenvalue weighted by Crippen LogP contribution is -2.35. The predicted molar refractivity (Wildman–Crippen MR) is 63.0 cm³/mol. The van der Waals surface area contributed by atoms with Crippen molar-refractivity contribution >= 4 is 5.78 Å². The van der Waals surface area contributed by atoms with Crippen LogP contribution in [0.3, 0.4) is 0 Å². The van der Waals surface area contributed by atoms with Crippen molar-refractivity contribution in [2.45, 2.75) is 26.7 Å². The summed E-state index contributed by atoms with van der Waals surface area (Å²) in [4.78, 5) is 16.4. The van der Waals surface area contributed by atoms with Gasteiger partial charge >= 0.3 is 0 Å². The quantitative estimate of drug-likeness (QED) is 0.700. The van der Waals surface area contributed by atoms with Gasteiger partial charge in [-0.3, -0.25) is 9.69 Å². The molecule has 0 aliphatic carbocycles. The second kappa shape index (κ2) is 6.23. The normalized spacial score (nSPS) is 22.3. The fraction of sp³-hybridized carbons (Fsp3) is 0.917. The number of hydrogen-bond acceptors (Lipinski definition) is 3. The van der Waals surface area contributed by atoms with Gasteiger partial charge in [0.25, 0.3) is 0 Å². The summed E-state index contributed by atoms with van der Waals surface area (Å²) in [6, 6.07) is 0. The average molecular weight is 212 g/mol. The smallest absolute Gasteiger partial charge is 0.149 e. The molecule has 0 aromatic carbocycles. The summed E-state index contributed by atoms with van der Waals surface area (Å²) in [6.45, 7) is 9.14. The minimum atomic E-state index is 0.228. The maximum Gasteiger partial charge on any atom is 0.149 e. The Kier molecular flexibility index (Phi) is 5.26. The van der Waals surface area contributed by atoms with Crippen molar-refractivity contribution in [2.24, 2.45) is 5.92 Å². The molecule has 88 valence electrons. The molecule has 15 heavy (non-hydrogen) atoms. The van der Waals surface area contributed by atoms with Crippen LogP contribution in [0.2, 0.25) is 0 Å². The fourth-order valence-corrected chi connectivity index (χ4v) is 1.86. The van der Waals surface area contributed by atoms with Crippen LogP contribution in [-0.2, 0) is 4.79 Å². The summed E-state index contributed by atoms with van der Waals surface area (Å²) in [5, 5.41) is 0. The van der Waals surface area contributed by atoms with Gasteiger partial charge in [0.05, 0.1) is 6.54 Å². The van der Waals surface area contributed by atoms with Crippen molar-refractivity contribution in [2.75, 3.05) is 39.8 Å². The fourth-order valence-electron chi connectivity index (χ4n) is 1.86. The van der Waals surface area contributed by atoms with Crippen molar-refractivity contribution < 1.29 is 4.79 Å². The van der Waals surface area contributed by atoms with Crippen LogP contribution in [-0.4, -0.2) is 55.4 Å². The minimum absolute atomic E-state index is 0.228. The van der Waals surface area contributed by atoms with Gasteiger partial charge in [-0.05, 0) is 33.0 Å². The summed E-state index contributed by atoms with van der Waals surface area (Å²) < 4.78 is 0. The number of nitrogens with zero attached hydrogens (tertiary/aromatic N) is 2. The van der Waals surface area contributed by atoms with Crippen molar-refractivity contribution in [3.63, 3.8) is 0 Å². The molecular weight excluding hydrogens is 188 g/mol. The van der Waals surface area contributed by atoms with Gasteiger partial charge in [0.15, 0.2) is 0 Å². The van der Waals surface area contributed by atoms with E-state index in [1.807, 2.05) is 6.92 Å². The van der Waals surface area contributed by atoms with Crippen LogP contribution in [0.1, 0.15) is 26.7 Å². The standard InChI is InChI=1S/C12H24N2O/c1-4-11(2)12(15)10-14-7-5-6-13(3)8-9-14/h11H,4-10H2,1-3H3. The number of hydrogen-bond donors (Lipinski definition) is 0. The van der Waals surface area contributed by atoms with E-state index in [1.165, 1.54) is 6.42 Å². The van der Waals surface area contributed by atoms with E-state index in [4.69, 9.17) is 0 Å². The van der Waals surface area contributed by atoms with E-state index in [-0.39, 0.29) is 5.92 Å². The predicted octanol–water partition coefficient (Wildman–Crippen LogP) is 1.24. The molecule has 0 bridgehead atoms. The summed E-state index contributed by atoms with van der Waals surface area (Å²) in [6.07, 6.45) is 2.15. The number of rotatable bonds is 4. The number of Topliss-reactive ketones (excluding diaryl/α,β-unsaturated/α-hetero) is 1. The Morgan fingerprint density at radius 2 is 2.00 bits per heavy atom. The molecule has 0 aromatic heterocycles. The molecule has 1 heterocycles. The Hall–Kier alpha value is -0.410. The summed E-state index contributed by atoms with van der Waals surface area (Å²) in [7, 11) is 2.15. The number of likely N-dealkylation sites (N-methyl/N-ethyl adjacent to an activating group) is 1. The van der Waals surface area contributed by atoms with Gasteiger partial charge in [0, 0.05) is 19.0 Å². The van der Waals surface area contributed by atoms with Crippen LogP contribution in [0.15, 0.2) is 0 Å². The highest BCUT2D eigenvalue weighted by Crippen LogP contribution is 2.06. The number of ketones is 1. The molecule has 0 spiro atoms. The van der Waals surface area contributed by atoms with Crippen molar-refractivity contribution in [3.8, 4) is 0 Å². The van der Waals surface area contributed by atoms with Crippen molar-refractivity contribution in [1.82, 2.24) is 9.80 Å². The van der Waals surface area contributed by atoms with Crippen molar-refractivity contribution in [1.29, 1.82) is 0 Å². The molecule has 0 radical (unpaired) electrons. The first-order valence-electron chi connectivity index (χ1n) is 6.07. The zero-order valence-electron chi connectivity index (χ0n) is 10.3. The SMILES string of the molecule is CCC(C)C(=O)CN1CCCN(C)CC1. The third-order valence-corrected chi connectivity index (χ3v) is 3.35. The van der Waals surface area contributed by atoms with E-state index in [0.29, 0.717) is 12.3 Å². The molecule has 1 aliphatic heterocycles. The van der Waals surface area contributed by atoms with Gasteiger partial charge in [-0.2, -0.15) is 0 Å². The highest BCUT2D eigenvalue weighted by molar-refractivity contribution is 5.82. The molecule has 0 amide bonds. The Morgan fingerprint density at radius 3 is 2.67 bits per heavy atom. The van der Waals surface area contributed by atoms with Gasteiger partial charge < -0.3 is 4.90 Å². The molecule has 0 saturated carbocycles. The number of carbonyl (C=O) groups is 1. The Balaban J connectivity index is 2.34. The summed E-state index contributed by atoms with van der Waals surface area (Å²) in [5.74, 6) is 0.632. The Morgan fingerprint density at radius 1 is 1.27 bits per heavy atom. The second-order valence-electron chi connectivity index (χ2n) is 4.71. The topological polar surface area (TPSA) is 23.6 Å². The van der Waals surface area contributed by atoms with E-state index in [9.17, 15) is 4.79 Å². The van der Waals surface area contributed by atoms with E-state index < -0.39 is 0 Å². The number of carbonyl (C=O) groups excluding carboxylic acids is 1. The maximum absolute atomic E-state index is 11.8. The summed E-state index contributed by atoms with van der Waals surface area (Å²) >= 11 is 0. The molecule has 1 aliphatic rings. The lowest BCUT2D eigenvalue weighted by Gasteiger charge is -2.20. The molecule has 3 heteroatoms. The minimum Gasteiger partial charge on any atom is -0.305 e. The lowest BCUT2D eigenvalue weighted by molar-refractivity contribution is -0.123. The monoisotopic (exact) mass is 212 g/mol. The van der Waals surface area contributed by atoms with E-state index in [1.54, 1.807) is 0 Å². The van der Waals surface area contributed by atoms with Crippen LogP contribution < -0.4 is 0 Å². The maximum atomic E-state index is 11.8. The van der Waals surface area contributed by atoms with Gasteiger partial charge in [-0.25, -0.2) is 0 Å². The molecule has 1 rings (SSSR count). The first-order valence-corrected chi connectivity index (χ1v) is 6.07. The van der Waals surface area contributed by atoms with E-state index >= 15 is 0 Å². The van der Waals surface area contributed by atoms with E-state index in [0.717, 1.165) is 32.6 Å². The molecule has 1 saturated heterocycles. The third-order valence-electron chi connectivity index (χ3n) is 3.35. The van der Waals surface area contributed by atoms with Crippen LogP contribution in [0.25, 0.3) is 0 Å². The highest BCUT2D eigenvalue weighted by Gasteiger charge is 2.17. The van der Waals surface area contributed by atoms with E-state index in [2.05, 4.69) is 23.8 Å². The zero-order chi connectivity index (χ0) is 11.3. The second-order valence-corrected chi connectivity index (χ2v) is 4.71.